The van der Waals surface area contributed by atoms with Crippen LogP contribution in [0.15, 0.2) is 54.1 Å². The number of carbonyl (C=O) groups excluding carboxylic acids is 2. The van der Waals surface area contributed by atoms with Crippen molar-refractivity contribution in [3.8, 4) is 5.75 Å². The van der Waals surface area contributed by atoms with Crippen LogP contribution in [0, 0.1) is 6.92 Å². The Balaban J connectivity index is 1.87. The topological polar surface area (TPSA) is 92.6 Å². The van der Waals surface area contributed by atoms with Gasteiger partial charge < -0.3 is 9.84 Å². The van der Waals surface area contributed by atoms with Crippen LogP contribution in [-0.2, 0) is 9.59 Å². The highest BCUT2D eigenvalue weighted by Gasteiger charge is 2.48. The zero-order chi connectivity index (χ0) is 22.1. The van der Waals surface area contributed by atoms with Gasteiger partial charge in [0.15, 0.2) is 0 Å². The van der Waals surface area contributed by atoms with Gasteiger partial charge in [-0.2, -0.15) is 0 Å². The van der Waals surface area contributed by atoms with Crippen LogP contribution < -0.4 is 9.64 Å². The number of ether oxygens (including phenoxy) is 1. The standard InChI is InChI=1S/C22H18ClN3O4S/c1-3-30-16-10-6-14(7-11-16)19(27)17-18(13-4-8-15(23)9-5-13)26(21(29)20(17)28)22-25-24-12(2)31-22/h4-11,18,27H,3H2,1-2H3/b19-17+. The number of rotatable bonds is 5. The second-order valence-electron chi connectivity index (χ2n) is 6.78. The van der Waals surface area contributed by atoms with Gasteiger partial charge in [-0.25, -0.2) is 0 Å². The quantitative estimate of drug-likeness (QED) is 0.345. The molecular formula is C22H18ClN3O4S. The Morgan fingerprint density at radius 3 is 2.39 bits per heavy atom. The van der Waals surface area contributed by atoms with E-state index in [1.807, 2.05) is 6.92 Å². The van der Waals surface area contributed by atoms with Gasteiger partial charge in [-0.05, 0) is 55.8 Å². The molecule has 1 N–H and O–H groups in total. The predicted molar refractivity (Wildman–Crippen MR) is 118 cm³/mol. The number of aromatic nitrogens is 2. The summed E-state index contributed by atoms with van der Waals surface area (Å²) < 4.78 is 5.43. The molecule has 158 valence electrons. The Hall–Kier alpha value is -3.23. The average molecular weight is 456 g/mol. The van der Waals surface area contributed by atoms with Crippen LogP contribution in [0.2, 0.25) is 5.02 Å². The Morgan fingerprint density at radius 2 is 1.81 bits per heavy atom. The summed E-state index contributed by atoms with van der Waals surface area (Å²) in [4.78, 5) is 27.3. The Morgan fingerprint density at radius 1 is 1.13 bits per heavy atom. The molecule has 1 unspecified atom stereocenters. The first-order chi connectivity index (χ1) is 14.9. The number of Topliss-reactive ketones (excluding diaryl/α,β-unsaturated/α-hetero) is 1. The molecule has 2 heterocycles. The summed E-state index contributed by atoms with van der Waals surface area (Å²) in [6.45, 7) is 4.14. The molecule has 0 saturated carbocycles. The summed E-state index contributed by atoms with van der Waals surface area (Å²) in [6.07, 6.45) is 0. The molecule has 1 fully saturated rings. The Bertz CT molecular complexity index is 1170. The number of aliphatic hydroxyl groups is 1. The van der Waals surface area contributed by atoms with E-state index in [4.69, 9.17) is 16.3 Å². The largest absolute Gasteiger partial charge is 0.507 e. The predicted octanol–water partition coefficient (Wildman–Crippen LogP) is 4.52. The van der Waals surface area contributed by atoms with Crippen LogP contribution in [0.1, 0.15) is 29.1 Å². The first-order valence-electron chi connectivity index (χ1n) is 9.50. The first kappa shape index (κ1) is 21.0. The van der Waals surface area contributed by atoms with E-state index < -0.39 is 17.7 Å². The summed E-state index contributed by atoms with van der Waals surface area (Å²) in [6, 6.07) is 12.6. The van der Waals surface area contributed by atoms with E-state index in [0.29, 0.717) is 33.5 Å². The molecule has 0 spiro atoms. The molecule has 0 bridgehead atoms. The van der Waals surface area contributed by atoms with Crippen LogP contribution in [0.4, 0.5) is 5.13 Å². The van der Waals surface area contributed by atoms with Crippen LogP contribution in [0.25, 0.3) is 5.76 Å². The molecule has 3 aromatic rings. The number of hydrogen-bond acceptors (Lipinski definition) is 7. The van der Waals surface area contributed by atoms with Crippen molar-refractivity contribution in [3.05, 3.63) is 75.3 Å². The summed E-state index contributed by atoms with van der Waals surface area (Å²) in [5, 5.41) is 20.5. The van der Waals surface area contributed by atoms with E-state index in [1.165, 1.54) is 16.2 Å². The monoisotopic (exact) mass is 455 g/mol. The van der Waals surface area contributed by atoms with Crippen molar-refractivity contribution in [1.82, 2.24) is 10.2 Å². The summed E-state index contributed by atoms with van der Waals surface area (Å²) in [5.41, 5.74) is 0.988. The molecule has 0 radical (unpaired) electrons. The molecule has 9 heteroatoms. The fraction of sp³-hybridized carbons (Fsp3) is 0.182. The fourth-order valence-corrected chi connectivity index (χ4v) is 4.25. The number of benzene rings is 2. The van der Waals surface area contributed by atoms with Crippen molar-refractivity contribution >= 4 is 45.5 Å². The molecule has 1 aliphatic rings. The van der Waals surface area contributed by atoms with Gasteiger partial charge in [0.1, 0.15) is 16.5 Å². The third kappa shape index (κ3) is 3.92. The number of ketones is 1. The summed E-state index contributed by atoms with van der Waals surface area (Å²) in [7, 11) is 0. The second kappa shape index (κ2) is 8.49. The van der Waals surface area contributed by atoms with Crippen molar-refractivity contribution in [2.45, 2.75) is 19.9 Å². The summed E-state index contributed by atoms with van der Waals surface area (Å²) in [5.74, 6) is -1.20. The van der Waals surface area contributed by atoms with Gasteiger partial charge >= 0.3 is 5.91 Å². The smallest absolute Gasteiger partial charge is 0.301 e. The number of carbonyl (C=O) groups is 2. The van der Waals surface area contributed by atoms with Crippen molar-refractivity contribution in [3.63, 3.8) is 0 Å². The molecule has 1 aliphatic heterocycles. The normalized spacial score (nSPS) is 17.9. The van der Waals surface area contributed by atoms with Gasteiger partial charge in [-0.15, -0.1) is 10.2 Å². The number of aryl methyl sites for hydroxylation is 1. The minimum atomic E-state index is -0.865. The van der Waals surface area contributed by atoms with Crippen molar-refractivity contribution in [1.29, 1.82) is 0 Å². The minimum Gasteiger partial charge on any atom is -0.507 e. The van der Waals surface area contributed by atoms with E-state index in [-0.39, 0.29) is 16.5 Å². The van der Waals surface area contributed by atoms with E-state index in [1.54, 1.807) is 55.5 Å². The SMILES string of the molecule is CCOc1ccc(/C(O)=C2\C(=O)C(=O)N(c3nnc(C)s3)C2c2ccc(Cl)cc2)cc1. The van der Waals surface area contributed by atoms with Crippen LogP contribution in [0.3, 0.4) is 0 Å². The Labute approximate surface area is 187 Å². The lowest BCUT2D eigenvalue weighted by Gasteiger charge is -2.22. The molecule has 1 atom stereocenters. The number of aliphatic hydroxyl groups excluding tert-OH is 1. The zero-order valence-electron chi connectivity index (χ0n) is 16.7. The van der Waals surface area contributed by atoms with E-state index >= 15 is 0 Å². The maximum atomic E-state index is 13.0. The zero-order valence-corrected chi connectivity index (χ0v) is 18.3. The van der Waals surface area contributed by atoms with Gasteiger partial charge in [0, 0.05) is 10.6 Å². The average Bonchev–Trinajstić information content (AvgIpc) is 3.30. The van der Waals surface area contributed by atoms with E-state index in [9.17, 15) is 14.7 Å². The van der Waals surface area contributed by atoms with Crippen molar-refractivity contribution in [2.75, 3.05) is 11.5 Å². The number of nitrogens with zero attached hydrogens (tertiary/aromatic N) is 3. The Kier molecular flexibility index (Phi) is 5.75. The lowest BCUT2D eigenvalue weighted by Crippen LogP contribution is -2.29. The molecule has 1 amide bonds. The van der Waals surface area contributed by atoms with Crippen molar-refractivity contribution < 1.29 is 19.4 Å². The molecule has 1 aromatic heterocycles. The maximum Gasteiger partial charge on any atom is 0.301 e. The third-order valence-electron chi connectivity index (χ3n) is 4.79. The number of anilines is 1. The molecular weight excluding hydrogens is 438 g/mol. The van der Waals surface area contributed by atoms with Gasteiger partial charge in [0.2, 0.25) is 5.13 Å². The number of amides is 1. The number of hydrogen-bond donors (Lipinski definition) is 1. The van der Waals surface area contributed by atoms with Gasteiger partial charge in [-0.3, -0.25) is 14.5 Å². The van der Waals surface area contributed by atoms with Crippen LogP contribution >= 0.6 is 22.9 Å². The highest BCUT2D eigenvalue weighted by atomic mass is 35.5. The van der Waals surface area contributed by atoms with E-state index in [0.717, 1.165) is 0 Å². The maximum absolute atomic E-state index is 13.0. The molecule has 1 saturated heterocycles. The van der Waals surface area contributed by atoms with Gasteiger partial charge in [-0.1, -0.05) is 35.1 Å². The van der Waals surface area contributed by atoms with E-state index in [2.05, 4.69) is 10.2 Å². The lowest BCUT2D eigenvalue weighted by atomic mass is 9.95. The lowest BCUT2D eigenvalue weighted by molar-refractivity contribution is -0.132. The molecule has 7 nitrogen and oxygen atoms in total. The van der Waals surface area contributed by atoms with Crippen LogP contribution in [-0.4, -0.2) is 33.6 Å². The highest BCUT2D eigenvalue weighted by molar-refractivity contribution is 7.15. The number of halogens is 1. The molecule has 0 aliphatic carbocycles. The summed E-state index contributed by atoms with van der Waals surface area (Å²) >= 11 is 7.22. The first-order valence-corrected chi connectivity index (χ1v) is 10.7. The fourth-order valence-electron chi connectivity index (χ4n) is 3.40. The van der Waals surface area contributed by atoms with Crippen LogP contribution in [0.5, 0.6) is 5.75 Å². The molecule has 31 heavy (non-hydrogen) atoms. The second-order valence-corrected chi connectivity index (χ2v) is 8.38. The highest BCUT2D eigenvalue weighted by Crippen LogP contribution is 2.43. The van der Waals surface area contributed by atoms with Gasteiger partial charge in [0.25, 0.3) is 5.78 Å². The third-order valence-corrected chi connectivity index (χ3v) is 5.88. The molecule has 4 rings (SSSR count). The molecule has 2 aromatic carbocycles. The minimum absolute atomic E-state index is 0.0238. The van der Waals surface area contributed by atoms with Crippen molar-refractivity contribution in [2.24, 2.45) is 0 Å². The van der Waals surface area contributed by atoms with Gasteiger partial charge in [0.05, 0.1) is 18.2 Å².